The molecule has 1 atom stereocenters. The first-order valence-electron chi connectivity index (χ1n) is 13.4. The third-order valence-corrected chi connectivity index (χ3v) is 8.75. The number of aryl methyl sites for hydroxylation is 2. The molecule has 0 saturated carbocycles. The summed E-state index contributed by atoms with van der Waals surface area (Å²) >= 11 is 7.49. The van der Waals surface area contributed by atoms with Crippen molar-refractivity contribution < 1.29 is 4.79 Å². The molecule has 39 heavy (non-hydrogen) atoms. The van der Waals surface area contributed by atoms with E-state index in [1.54, 1.807) is 10.6 Å². The highest BCUT2D eigenvalue weighted by Crippen LogP contribution is 2.31. The van der Waals surface area contributed by atoms with Crippen molar-refractivity contribution in [1.82, 2.24) is 19.8 Å². The van der Waals surface area contributed by atoms with Crippen LogP contribution >= 0.6 is 22.9 Å². The second-order valence-corrected chi connectivity index (χ2v) is 11.2. The molecule has 1 aliphatic heterocycles. The number of halogens is 1. The van der Waals surface area contributed by atoms with Crippen molar-refractivity contribution in [3.05, 3.63) is 91.7 Å². The first-order chi connectivity index (χ1) is 18.9. The predicted molar refractivity (Wildman–Crippen MR) is 160 cm³/mol. The lowest BCUT2D eigenvalue weighted by Crippen LogP contribution is -2.35. The zero-order chi connectivity index (χ0) is 27.7. The molecular weight excluding hydrogens is 528 g/mol. The smallest absolute Gasteiger partial charge is 0.265 e. The van der Waals surface area contributed by atoms with Crippen LogP contribution < -0.4 is 10.9 Å². The zero-order valence-corrected chi connectivity index (χ0v) is 24.3. The van der Waals surface area contributed by atoms with Crippen LogP contribution in [-0.4, -0.2) is 46.5 Å². The van der Waals surface area contributed by atoms with Crippen LogP contribution in [0.2, 0.25) is 5.02 Å². The Balaban J connectivity index is 1.72. The van der Waals surface area contributed by atoms with Gasteiger partial charge in [-0.25, -0.2) is 4.98 Å². The number of rotatable bonds is 7. The maximum absolute atomic E-state index is 14.3. The Hall–Kier alpha value is -3.26. The summed E-state index contributed by atoms with van der Waals surface area (Å²) in [5.41, 5.74) is 6.20. The number of carbonyl (C=O) groups excluding carboxylic acids is 1. The van der Waals surface area contributed by atoms with Gasteiger partial charge in [0.05, 0.1) is 22.5 Å². The van der Waals surface area contributed by atoms with Gasteiger partial charge >= 0.3 is 0 Å². The molecule has 0 bridgehead atoms. The molecule has 5 rings (SSSR count). The molecule has 1 fully saturated rings. The minimum atomic E-state index is -0.161. The van der Waals surface area contributed by atoms with E-state index in [9.17, 15) is 9.59 Å². The van der Waals surface area contributed by atoms with E-state index in [1.165, 1.54) is 11.3 Å². The van der Waals surface area contributed by atoms with Gasteiger partial charge in [-0.3, -0.25) is 14.2 Å². The quantitative estimate of drug-likeness (QED) is 0.294. The van der Waals surface area contributed by atoms with Crippen LogP contribution in [0.15, 0.2) is 58.7 Å². The molecule has 8 heteroatoms. The van der Waals surface area contributed by atoms with Crippen molar-refractivity contribution in [2.45, 2.75) is 46.1 Å². The fraction of sp³-hybridized carbons (Fsp3) is 0.323. The van der Waals surface area contributed by atoms with Gasteiger partial charge in [0.2, 0.25) is 0 Å². The van der Waals surface area contributed by atoms with Gasteiger partial charge in [0.1, 0.15) is 5.01 Å². The molecule has 202 valence electrons. The summed E-state index contributed by atoms with van der Waals surface area (Å²) in [6, 6.07) is 15.7. The normalized spacial score (nSPS) is 15.2. The van der Waals surface area contributed by atoms with Crippen molar-refractivity contribution in [1.29, 1.82) is 0 Å². The highest BCUT2D eigenvalue weighted by atomic mass is 35.5. The van der Waals surface area contributed by atoms with Gasteiger partial charge in [0, 0.05) is 40.8 Å². The van der Waals surface area contributed by atoms with E-state index in [4.69, 9.17) is 16.6 Å². The van der Waals surface area contributed by atoms with Gasteiger partial charge in [-0.15, -0.1) is 11.3 Å². The number of nitrogens with one attached hydrogen (secondary N) is 1. The minimum absolute atomic E-state index is 0.0539. The van der Waals surface area contributed by atoms with E-state index in [0.29, 0.717) is 39.9 Å². The third kappa shape index (κ3) is 5.19. The average Bonchev–Trinajstić information content (AvgIpc) is 3.64. The largest absolute Gasteiger partial charge is 0.337 e. The van der Waals surface area contributed by atoms with Gasteiger partial charge in [-0.2, -0.15) is 0 Å². The van der Waals surface area contributed by atoms with E-state index >= 15 is 0 Å². The summed E-state index contributed by atoms with van der Waals surface area (Å²) in [7, 11) is 1.93. The van der Waals surface area contributed by atoms with Gasteiger partial charge in [-0.1, -0.05) is 55.8 Å². The molecule has 6 nitrogen and oxygen atoms in total. The van der Waals surface area contributed by atoms with Crippen LogP contribution in [0.3, 0.4) is 0 Å². The highest BCUT2D eigenvalue weighted by molar-refractivity contribution is 7.13. The van der Waals surface area contributed by atoms with Crippen LogP contribution in [0.25, 0.3) is 27.5 Å². The molecule has 2 aromatic heterocycles. The topological polar surface area (TPSA) is 67.2 Å². The fourth-order valence-electron chi connectivity index (χ4n) is 5.35. The summed E-state index contributed by atoms with van der Waals surface area (Å²) in [6.07, 6.45) is 2.45. The summed E-state index contributed by atoms with van der Waals surface area (Å²) in [4.78, 5) is 34.9. The molecule has 4 aromatic rings. The monoisotopic (exact) mass is 560 g/mol. The Morgan fingerprint density at radius 2 is 1.82 bits per heavy atom. The van der Waals surface area contributed by atoms with Gasteiger partial charge in [0.15, 0.2) is 0 Å². The molecule has 1 amide bonds. The van der Waals surface area contributed by atoms with E-state index in [-0.39, 0.29) is 17.5 Å². The lowest BCUT2D eigenvalue weighted by molar-refractivity contribution is 0.0788. The lowest BCUT2D eigenvalue weighted by atomic mass is 10.0. The number of hydrogen-bond donors (Lipinski definition) is 1. The Bertz CT molecular complexity index is 1550. The molecule has 0 spiro atoms. The molecule has 2 aromatic carbocycles. The number of likely N-dealkylation sites (tertiary alicyclic amines) is 1. The number of likely N-dealkylation sites (N-methyl/N-ethyl adjacent to an activating group) is 1. The van der Waals surface area contributed by atoms with Gasteiger partial charge in [-0.05, 0) is 62.6 Å². The van der Waals surface area contributed by atoms with E-state index in [2.05, 4.69) is 31.3 Å². The number of amides is 1. The van der Waals surface area contributed by atoms with Crippen molar-refractivity contribution in [3.63, 3.8) is 0 Å². The summed E-state index contributed by atoms with van der Waals surface area (Å²) in [5, 5.41) is 6.48. The molecule has 1 unspecified atom stereocenters. The number of thiazole rings is 1. The lowest BCUT2D eigenvalue weighted by Gasteiger charge is -2.23. The Kier molecular flexibility index (Phi) is 8.03. The van der Waals surface area contributed by atoms with E-state index < -0.39 is 0 Å². The first-order valence-corrected chi connectivity index (χ1v) is 14.7. The number of carbonyl (C=O) groups is 1. The average molecular weight is 561 g/mol. The van der Waals surface area contributed by atoms with Gasteiger partial charge in [0.25, 0.3) is 11.5 Å². The first kappa shape index (κ1) is 27.3. The standard InChI is InChI=1S/C31H33ClN4O2S/c1-5-20-8-7-9-21(6-2)28(20)36-19(3)25(30(37)35-15-14-24(17-35)33-4)16-26(31(36)38)29-34-27(18-39-29)22-10-12-23(32)13-11-22/h7-13,16,18,24,33H,5-6,14-15,17H2,1-4H3. The number of pyridine rings is 1. The fourth-order valence-corrected chi connectivity index (χ4v) is 6.31. The minimum Gasteiger partial charge on any atom is -0.337 e. The summed E-state index contributed by atoms with van der Waals surface area (Å²) in [5.74, 6) is -0.0539. The van der Waals surface area contributed by atoms with Crippen molar-refractivity contribution >= 4 is 28.8 Å². The number of benzene rings is 2. The third-order valence-electron chi connectivity index (χ3n) is 7.62. The maximum atomic E-state index is 14.3. The molecule has 0 radical (unpaired) electrons. The number of nitrogens with zero attached hydrogens (tertiary/aromatic N) is 3. The molecule has 3 heterocycles. The molecule has 1 saturated heterocycles. The molecular formula is C31H33ClN4O2S. The zero-order valence-electron chi connectivity index (χ0n) is 22.8. The summed E-state index contributed by atoms with van der Waals surface area (Å²) < 4.78 is 1.76. The van der Waals surface area contributed by atoms with Crippen LogP contribution in [-0.2, 0) is 12.8 Å². The van der Waals surface area contributed by atoms with Crippen molar-refractivity contribution in [2.24, 2.45) is 0 Å². The van der Waals surface area contributed by atoms with Crippen LogP contribution in [0.4, 0.5) is 0 Å². The molecule has 1 N–H and O–H groups in total. The van der Waals surface area contributed by atoms with Crippen molar-refractivity contribution in [2.75, 3.05) is 20.1 Å². The Morgan fingerprint density at radius 3 is 2.44 bits per heavy atom. The second-order valence-electron chi connectivity index (χ2n) is 9.90. The van der Waals surface area contributed by atoms with Crippen molar-refractivity contribution in [3.8, 4) is 27.5 Å². The van der Waals surface area contributed by atoms with E-state index in [0.717, 1.165) is 47.3 Å². The predicted octanol–water partition coefficient (Wildman–Crippen LogP) is 6.15. The Labute approximate surface area is 238 Å². The number of hydrogen-bond acceptors (Lipinski definition) is 5. The number of para-hydroxylation sites is 1. The van der Waals surface area contributed by atoms with Crippen LogP contribution in [0, 0.1) is 6.92 Å². The SMILES string of the molecule is CCc1cccc(CC)c1-n1c(C)c(C(=O)N2CCC(NC)C2)cc(-c2nc(-c3ccc(Cl)cc3)cs2)c1=O. The van der Waals surface area contributed by atoms with Gasteiger partial charge < -0.3 is 10.2 Å². The highest BCUT2D eigenvalue weighted by Gasteiger charge is 2.30. The Morgan fingerprint density at radius 1 is 1.13 bits per heavy atom. The van der Waals surface area contributed by atoms with Crippen LogP contribution in [0.1, 0.15) is 47.4 Å². The molecule has 0 aliphatic carbocycles. The maximum Gasteiger partial charge on any atom is 0.265 e. The summed E-state index contributed by atoms with van der Waals surface area (Å²) in [6.45, 7) is 7.40. The van der Waals surface area contributed by atoms with Crippen LogP contribution in [0.5, 0.6) is 0 Å². The molecule has 1 aliphatic rings. The van der Waals surface area contributed by atoms with E-state index in [1.807, 2.05) is 54.6 Å². The number of aromatic nitrogens is 2. The second kappa shape index (κ2) is 11.5.